The molecule has 0 aromatic rings. The normalized spacial score (nSPS) is 10.4. The third-order valence-electron chi connectivity index (χ3n) is 1.44. The molecule has 0 heterocycles. The lowest BCUT2D eigenvalue weighted by Crippen LogP contribution is -1.87. The lowest BCUT2D eigenvalue weighted by molar-refractivity contribution is 0.578. The minimum absolute atomic E-state index is 0.835. The van der Waals surface area contributed by atoms with Gasteiger partial charge in [-0.25, -0.2) is 0 Å². The van der Waals surface area contributed by atoms with Gasteiger partial charge in [0.15, 0.2) is 0 Å². The van der Waals surface area contributed by atoms with Crippen LogP contribution >= 0.6 is 0 Å². The Hall–Kier alpha value is -0.260. The third kappa shape index (κ3) is 7.74. The van der Waals surface area contributed by atoms with Crippen molar-refractivity contribution in [1.29, 1.82) is 0 Å². The highest BCUT2D eigenvalue weighted by Crippen LogP contribution is 2.09. The van der Waals surface area contributed by atoms with Gasteiger partial charge in [-0.05, 0) is 32.1 Å². The second-order valence-corrected chi connectivity index (χ2v) is 3.42. The summed E-state index contributed by atoms with van der Waals surface area (Å²) in [6.45, 7) is 10.4. The first-order valence-corrected chi connectivity index (χ1v) is 4.09. The fourth-order valence-corrected chi connectivity index (χ4v) is 0.800. The topological polar surface area (TPSA) is 0 Å². The summed E-state index contributed by atoms with van der Waals surface area (Å²) in [5.41, 5.74) is 1.27. The summed E-state index contributed by atoms with van der Waals surface area (Å²) in [5, 5.41) is 0. The Bertz CT molecular complexity index is 90.2. The van der Waals surface area contributed by atoms with Crippen LogP contribution in [-0.2, 0) is 0 Å². The number of hydrogen-bond acceptors (Lipinski definition) is 0. The first-order chi connectivity index (χ1) is 4.63. The largest absolute Gasteiger partial charge is 0.100 e. The van der Waals surface area contributed by atoms with Crippen LogP contribution in [-0.4, -0.2) is 0 Å². The fourth-order valence-electron chi connectivity index (χ4n) is 0.800. The molecule has 0 N–H and O–H groups in total. The molecule has 0 amide bonds. The molecule has 0 aliphatic carbocycles. The summed E-state index contributed by atoms with van der Waals surface area (Å²) in [7, 11) is 0. The average Bonchev–Trinajstić information content (AvgIpc) is 1.79. The molecular formula is C10H19. The van der Waals surface area contributed by atoms with Gasteiger partial charge in [0.1, 0.15) is 0 Å². The zero-order chi connectivity index (χ0) is 7.98. The molecule has 0 saturated carbocycles. The van der Waals surface area contributed by atoms with E-state index in [0.29, 0.717) is 0 Å². The van der Waals surface area contributed by atoms with Gasteiger partial charge in [-0.3, -0.25) is 0 Å². The van der Waals surface area contributed by atoms with E-state index in [-0.39, 0.29) is 0 Å². The molecule has 1 radical (unpaired) electrons. The highest BCUT2D eigenvalue weighted by molar-refractivity contribution is 4.93. The van der Waals surface area contributed by atoms with E-state index in [1.54, 1.807) is 0 Å². The predicted octanol–water partition coefficient (Wildman–Crippen LogP) is 3.59. The number of unbranched alkanes of at least 4 members (excludes halogenated alkanes) is 1. The van der Waals surface area contributed by atoms with Crippen LogP contribution in [0.5, 0.6) is 0 Å². The molecule has 0 unspecified atom stereocenters. The molecule has 0 aliphatic rings. The smallest absolute Gasteiger partial charge is 0.0295 e. The van der Waals surface area contributed by atoms with E-state index >= 15 is 0 Å². The van der Waals surface area contributed by atoms with Crippen LogP contribution in [0, 0.1) is 12.3 Å². The van der Waals surface area contributed by atoms with Gasteiger partial charge in [0, 0.05) is 0 Å². The van der Waals surface area contributed by atoms with E-state index in [0.717, 1.165) is 12.3 Å². The Morgan fingerprint density at radius 3 is 2.50 bits per heavy atom. The van der Waals surface area contributed by atoms with Gasteiger partial charge < -0.3 is 0 Å². The fraction of sp³-hybridized carbons (Fsp3) is 0.700. The van der Waals surface area contributed by atoms with E-state index in [2.05, 4.69) is 33.8 Å². The molecule has 0 aromatic heterocycles. The van der Waals surface area contributed by atoms with Crippen molar-refractivity contribution in [3.8, 4) is 0 Å². The summed E-state index contributed by atoms with van der Waals surface area (Å²) < 4.78 is 0. The molecule has 0 nitrogen and oxygen atoms in total. The van der Waals surface area contributed by atoms with Gasteiger partial charge in [0.05, 0.1) is 0 Å². The van der Waals surface area contributed by atoms with Crippen molar-refractivity contribution in [1.82, 2.24) is 0 Å². The number of rotatable bonds is 5. The van der Waals surface area contributed by atoms with Crippen LogP contribution in [0.15, 0.2) is 12.2 Å². The summed E-state index contributed by atoms with van der Waals surface area (Å²) in [6, 6.07) is 0. The van der Waals surface area contributed by atoms with Crippen molar-refractivity contribution < 1.29 is 0 Å². The highest BCUT2D eigenvalue weighted by atomic mass is 14.0. The van der Waals surface area contributed by atoms with E-state index in [1.807, 2.05) is 0 Å². The Morgan fingerprint density at radius 2 is 2.10 bits per heavy atom. The molecule has 0 atom stereocenters. The molecule has 0 bridgehead atoms. The molecule has 0 fully saturated rings. The standard InChI is InChI=1S/C10H19/c1-9(2)7-5-6-8-10(3)4/h5,10H,1,6-8H2,2-4H3. The summed E-state index contributed by atoms with van der Waals surface area (Å²) in [4.78, 5) is 0. The second kappa shape index (κ2) is 5.52. The van der Waals surface area contributed by atoms with Crippen molar-refractivity contribution >= 4 is 0 Å². The molecule has 0 saturated heterocycles. The van der Waals surface area contributed by atoms with Crippen LogP contribution in [0.3, 0.4) is 0 Å². The Morgan fingerprint density at radius 1 is 1.50 bits per heavy atom. The predicted molar refractivity (Wildman–Crippen MR) is 47.8 cm³/mol. The zero-order valence-corrected chi connectivity index (χ0v) is 7.48. The first-order valence-electron chi connectivity index (χ1n) is 4.09. The molecule has 0 aromatic carbocycles. The number of hydrogen-bond donors (Lipinski definition) is 0. The maximum absolute atomic E-state index is 3.84. The molecule has 59 valence electrons. The van der Waals surface area contributed by atoms with Gasteiger partial charge in [-0.15, -0.1) is 6.58 Å². The van der Waals surface area contributed by atoms with Crippen LogP contribution < -0.4 is 0 Å². The van der Waals surface area contributed by atoms with Crippen molar-refractivity contribution in [2.75, 3.05) is 0 Å². The third-order valence-corrected chi connectivity index (χ3v) is 1.44. The Balaban J connectivity index is 2.98. The molecule has 0 rings (SSSR count). The van der Waals surface area contributed by atoms with Crippen LogP contribution in [0.1, 0.15) is 40.0 Å². The Kier molecular flexibility index (Phi) is 5.38. The SMILES string of the molecule is C=C(C)C[CH]CCC(C)C. The lowest BCUT2D eigenvalue weighted by atomic mass is 10.0. The molecule has 0 heteroatoms. The van der Waals surface area contributed by atoms with Gasteiger partial charge >= 0.3 is 0 Å². The van der Waals surface area contributed by atoms with Crippen molar-refractivity contribution in [2.24, 2.45) is 5.92 Å². The maximum atomic E-state index is 3.84. The van der Waals surface area contributed by atoms with Crippen molar-refractivity contribution in [3.63, 3.8) is 0 Å². The average molecular weight is 139 g/mol. The number of allylic oxidation sites excluding steroid dienone is 1. The molecule has 0 aliphatic heterocycles. The summed E-state index contributed by atoms with van der Waals surface area (Å²) in [5.74, 6) is 0.835. The van der Waals surface area contributed by atoms with E-state index in [9.17, 15) is 0 Å². The second-order valence-electron chi connectivity index (χ2n) is 3.42. The molecule has 0 spiro atoms. The van der Waals surface area contributed by atoms with Gasteiger partial charge in [0.2, 0.25) is 0 Å². The molecule has 10 heavy (non-hydrogen) atoms. The van der Waals surface area contributed by atoms with Gasteiger partial charge in [0.25, 0.3) is 0 Å². The first kappa shape index (κ1) is 9.74. The van der Waals surface area contributed by atoms with Crippen LogP contribution in [0.2, 0.25) is 0 Å². The van der Waals surface area contributed by atoms with Gasteiger partial charge in [-0.1, -0.05) is 25.8 Å². The van der Waals surface area contributed by atoms with Crippen LogP contribution in [0.25, 0.3) is 0 Å². The summed E-state index contributed by atoms with van der Waals surface area (Å²) >= 11 is 0. The minimum atomic E-state index is 0.835. The Labute approximate surface area is 65.3 Å². The van der Waals surface area contributed by atoms with Crippen LogP contribution in [0.4, 0.5) is 0 Å². The monoisotopic (exact) mass is 139 g/mol. The van der Waals surface area contributed by atoms with Gasteiger partial charge in [-0.2, -0.15) is 0 Å². The van der Waals surface area contributed by atoms with E-state index < -0.39 is 0 Å². The maximum Gasteiger partial charge on any atom is -0.0295 e. The van der Waals surface area contributed by atoms with E-state index in [1.165, 1.54) is 18.4 Å². The zero-order valence-electron chi connectivity index (χ0n) is 7.48. The molecular weight excluding hydrogens is 120 g/mol. The summed E-state index contributed by atoms with van der Waals surface area (Å²) in [6.07, 6.45) is 5.97. The minimum Gasteiger partial charge on any atom is -0.100 e. The quantitative estimate of drug-likeness (QED) is 0.403. The lowest BCUT2D eigenvalue weighted by Gasteiger charge is -2.02. The van der Waals surface area contributed by atoms with Crippen molar-refractivity contribution in [3.05, 3.63) is 18.6 Å². The van der Waals surface area contributed by atoms with Crippen molar-refractivity contribution in [2.45, 2.75) is 40.0 Å². The highest BCUT2D eigenvalue weighted by Gasteiger charge is 1.93. The van der Waals surface area contributed by atoms with E-state index in [4.69, 9.17) is 0 Å².